The van der Waals surface area contributed by atoms with E-state index in [0.717, 1.165) is 38.6 Å². The van der Waals surface area contributed by atoms with E-state index in [0.29, 0.717) is 24.8 Å². The van der Waals surface area contributed by atoms with Gasteiger partial charge in [0.05, 0.1) is 24.5 Å². The predicted octanol–water partition coefficient (Wildman–Crippen LogP) is 3.59. The molecule has 9 heteroatoms. The molecule has 1 aliphatic heterocycles. The lowest BCUT2D eigenvalue weighted by Gasteiger charge is -2.08. The molecule has 0 saturated carbocycles. The fourth-order valence-corrected chi connectivity index (χ4v) is 3.89. The molecule has 4 heterocycles. The molecule has 0 saturated heterocycles. The van der Waals surface area contributed by atoms with Crippen LogP contribution in [-0.4, -0.2) is 29.3 Å². The summed E-state index contributed by atoms with van der Waals surface area (Å²) in [6.45, 7) is 1.78. The summed E-state index contributed by atoms with van der Waals surface area (Å²) in [6.07, 6.45) is 5.36. The summed E-state index contributed by atoms with van der Waals surface area (Å²) >= 11 is 9.89. The maximum Gasteiger partial charge on any atom is 0.165 e. The topological polar surface area (TPSA) is 73.5 Å². The summed E-state index contributed by atoms with van der Waals surface area (Å²) in [5.74, 6) is 1.54. The molecule has 0 spiro atoms. The predicted molar refractivity (Wildman–Crippen MR) is 109 cm³/mol. The molecule has 0 fully saturated rings. The van der Waals surface area contributed by atoms with Gasteiger partial charge in [0.15, 0.2) is 16.8 Å². The summed E-state index contributed by atoms with van der Waals surface area (Å²) < 4.78 is 4.87. The Bertz CT molecular complexity index is 1150. The number of rotatable bonds is 4. The lowest BCUT2D eigenvalue weighted by molar-refractivity contribution is 0.626. The van der Waals surface area contributed by atoms with Gasteiger partial charge in [-0.15, -0.1) is 0 Å². The Labute approximate surface area is 174 Å². The second-order valence-corrected chi connectivity index (χ2v) is 7.76. The first-order valence-electron chi connectivity index (χ1n) is 8.74. The van der Waals surface area contributed by atoms with E-state index in [1.54, 1.807) is 12.5 Å². The standard InChI is InChI=1S/C19H15BrClN7/c20-13-3-4-15-14(6-13)19-25-17(9-23-8-12-2-1-5-22-7-12)26-28(19)10-16-18(21)24-11-27(15)16/h1-7,11,23H,8-10H2. The van der Waals surface area contributed by atoms with E-state index >= 15 is 0 Å². The fraction of sp³-hybridized carbons (Fsp3) is 0.158. The number of fused-ring (bicyclic) bond motifs is 5. The largest absolute Gasteiger partial charge is 0.306 e. The molecule has 0 amide bonds. The lowest BCUT2D eigenvalue weighted by atomic mass is 10.1. The van der Waals surface area contributed by atoms with Crippen molar-refractivity contribution in [2.75, 3.05) is 0 Å². The van der Waals surface area contributed by atoms with Crippen LogP contribution in [0.3, 0.4) is 0 Å². The van der Waals surface area contributed by atoms with Crippen LogP contribution in [0.4, 0.5) is 0 Å². The number of pyridine rings is 1. The highest BCUT2D eigenvalue weighted by molar-refractivity contribution is 9.10. The normalized spacial score (nSPS) is 12.2. The van der Waals surface area contributed by atoms with Crippen molar-refractivity contribution in [3.05, 3.63) is 75.8 Å². The molecule has 5 rings (SSSR count). The van der Waals surface area contributed by atoms with Crippen LogP contribution in [0.1, 0.15) is 17.1 Å². The molecule has 0 bridgehead atoms. The van der Waals surface area contributed by atoms with Crippen LogP contribution in [0.25, 0.3) is 17.1 Å². The Morgan fingerprint density at radius 2 is 2.14 bits per heavy atom. The minimum atomic E-state index is 0.480. The zero-order valence-corrected chi connectivity index (χ0v) is 17.0. The van der Waals surface area contributed by atoms with Gasteiger partial charge in [-0.05, 0) is 29.8 Å². The minimum absolute atomic E-state index is 0.480. The van der Waals surface area contributed by atoms with Gasteiger partial charge in [0, 0.05) is 29.0 Å². The third kappa shape index (κ3) is 3.13. The number of hydrogen-bond donors (Lipinski definition) is 1. The van der Waals surface area contributed by atoms with Gasteiger partial charge >= 0.3 is 0 Å². The average Bonchev–Trinajstić information content (AvgIpc) is 3.24. The number of imidazole rings is 1. The molecule has 4 aromatic rings. The number of aromatic nitrogens is 6. The van der Waals surface area contributed by atoms with Crippen molar-refractivity contribution in [3.8, 4) is 17.1 Å². The van der Waals surface area contributed by atoms with Crippen molar-refractivity contribution in [2.24, 2.45) is 0 Å². The van der Waals surface area contributed by atoms with E-state index in [9.17, 15) is 0 Å². The minimum Gasteiger partial charge on any atom is -0.306 e. The van der Waals surface area contributed by atoms with E-state index in [1.165, 1.54) is 0 Å². The Hall–Kier alpha value is -2.55. The van der Waals surface area contributed by atoms with Crippen LogP contribution in [-0.2, 0) is 19.6 Å². The number of benzene rings is 1. The molecule has 0 atom stereocenters. The maximum absolute atomic E-state index is 6.33. The molecule has 140 valence electrons. The molecular weight excluding hydrogens is 442 g/mol. The SMILES string of the molecule is Clc1ncn2c1Cn1nc(CNCc3cccnc3)nc1-c1cc(Br)ccc1-2. The zero-order valence-electron chi connectivity index (χ0n) is 14.7. The van der Waals surface area contributed by atoms with Gasteiger partial charge in [-0.2, -0.15) is 5.10 Å². The van der Waals surface area contributed by atoms with Crippen LogP contribution in [0.5, 0.6) is 0 Å². The van der Waals surface area contributed by atoms with Crippen LogP contribution >= 0.6 is 27.5 Å². The molecule has 1 aromatic carbocycles. The van der Waals surface area contributed by atoms with Gasteiger partial charge in [0.1, 0.15) is 6.33 Å². The van der Waals surface area contributed by atoms with E-state index in [4.69, 9.17) is 21.7 Å². The average molecular weight is 457 g/mol. The lowest BCUT2D eigenvalue weighted by Crippen LogP contribution is -2.14. The highest BCUT2D eigenvalue weighted by Crippen LogP contribution is 2.34. The number of halogens is 2. The Morgan fingerprint density at radius 3 is 3.00 bits per heavy atom. The number of nitrogens with zero attached hydrogens (tertiary/aromatic N) is 6. The highest BCUT2D eigenvalue weighted by Gasteiger charge is 2.24. The van der Waals surface area contributed by atoms with E-state index in [1.807, 2.05) is 45.8 Å². The summed E-state index contributed by atoms with van der Waals surface area (Å²) in [6, 6.07) is 10.0. The van der Waals surface area contributed by atoms with Crippen LogP contribution < -0.4 is 5.32 Å². The second kappa shape index (κ2) is 7.12. The monoisotopic (exact) mass is 455 g/mol. The van der Waals surface area contributed by atoms with Crippen LogP contribution in [0.2, 0.25) is 5.15 Å². The quantitative estimate of drug-likeness (QED) is 0.447. The van der Waals surface area contributed by atoms with Crippen LogP contribution in [0.15, 0.2) is 53.5 Å². The summed E-state index contributed by atoms with van der Waals surface area (Å²) in [7, 11) is 0. The van der Waals surface area contributed by atoms with Gasteiger partial charge in [-0.3, -0.25) is 9.55 Å². The summed E-state index contributed by atoms with van der Waals surface area (Å²) in [4.78, 5) is 13.2. The first-order valence-corrected chi connectivity index (χ1v) is 9.91. The van der Waals surface area contributed by atoms with Gasteiger partial charge < -0.3 is 5.32 Å². The van der Waals surface area contributed by atoms with Gasteiger partial charge in [-0.25, -0.2) is 14.6 Å². The van der Waals surface area contributed by atoms with Crippen molar-refractivity contribution < 1.29 is 0 Å². The first kappa shape index (κ1) is 17.5. The molecule has 0 unspecified atom stereocenters. The van der Waals surface area contributed by atoms with Gasteiger partial charge in [0.2, 0.25) is 0 Å². The molecule has 28 heavy (non-hydrogen) atoms. The van der Waals surface area contributed by atoms with Crippen molar-refractivity contribution in [2.45, 2.75) is 19.6 Å². The third-order valence-electron chi connectivity index (χ3n) is 4.62. The molecule has 0 radical (unpaired) electrons. The maximum atomic E-state index is 6.33. The third-order valence-corrected chi connectivity index (χ3v) is 5.43. The molecule has 0 aliphatic carbocycles. The molecular formula is C19H15BrClN7. The summed E-state index contributed by atoms with van der Waals surface area (Å²) in [5.41, 5.74) is 3.98. The van der Waals surface area contributed by atoms with Gasteiger partial charge in [0.25, 0.3) is 0 Å². The van der Waals surface area contributed by atoms with Crippen molar-refractivity contribution in [3.63, 3.8) is 0 Å². The van der Waals surface area contributed by atoms with E-state index in [-0.39, 0.29) is 0 Å². The second-order valence-electron chi connectivity index (χ2n) is 6.49. The van der Waals surface area contributed by atoms with Crippen molar-refractivity contribution in [1.29, 1.82) is 0 Å². The highest BCUT2D eigenvalue weighted by atomic mass is 79.9. The van der Waals surface area contributed by atoms with Crippen LogP contribution in [0, 0.1) is 0 Å². The Balaban J connectivity index is 1.48. The molecule has 3 aromatic heterocycles. The fourth-order valence-electron chi connectivity index (χ4n) is 3.34. The smallest absolute Gasteiger partial charge is 0.165 e. The first-order chi connectivity index (χ1) is 13.7. The molecule has 1 N–H and O–H groups in total. The van der Waals surface area contributed by atoms with E-state index < -0.39 is 0 Å². The van der Waals surface area contributed by atoms with Crippen molar-refractivity contribution in [1.82, 2.24) is 34.6 Å². The van der Waals surface area contributed by atoms with Crippen molar-refractivity contribution >= 4 is 27.5 Å². The Morgan fingerprint density at radius 1 is 1.21 bits per heavy atom. The summed E-state index contributed by atoms with van der Waals surface area (Å²) in [5, 5.41) is 8.55. The number of hydrogen-bond acceptors (Lipinski definition) is 5. The number of nitrogens with one attached hydrogen (secondary N) is 1. The molecule has 1 aliphatic rings. The molecule has 7 nitrogen and oxygen atoms in total. The zero-order chi connectivity index (χ0) is 19.1. The van der Waals surface area contributed by atoms with Gasteiger partial charge in [-0.1, -0.05) is 33.6 Å². The van der Waals surface area contributed by atoms with E-state index in [2.05, 4.69) is 31.2 Å². The Kier molecular flexibility index (Phi) is 4.46.